The fourth-order valence-electron chi connectivity index (χ4n) is 3.38. The van der Waals surface area contributed by atoms with Crippen molar-refractivity contribution in [1.29, 1.82) is 0 Å². The highest BCUT2D eigenvalue weighted by Gasteiger charge is 2.08. The normalized spacial score (nSPS) is 15.7. The Hall–Kier alpha value is -0.0800. The lowest BCUT2D eigenvalue weighted by Gasteiger charge is -2.17. The standard InChI is InChI=1S/C20H44N2/c1-5-8-12-19(6-2)14-11-16-22-15-10-9-13-20(7-3)17-18(4)21/h18-20,22H,5-17,21H2,1-4H3. The molecule has 0 saturated carbocycles. The van der Waals surface area contributed by atoms with Gasteiger partial charge < -0.3 is 11.1 Å². The van der Waals surface area contributed by atoms with Crippen LogP contribution in [0.25, 0.3) is 0 Å². The largest absolute Gasteiger partial charge is 0.328 e. The van der Waals surface area contributed by atoms with Crippen molar-refractivity contribution in [1.82, 2.24) is 5.32 Å². The van der Waals surface area contributed by atoms with Crippen LogP contribution in [0.5, 0.6) is 0 Å². The van der Waals surface area contributed by atoms with Crippen molar-refractivity contribution in [3.8, 4) is 0 Å². The van der Waals surface area contributed by atoms with Crippen LogP contribution in [0.3, 0.4) is 0 Å². The van der Waals surface area contributed by atoms with Gasteiger partial charge in [0.15, 0.2) is 0 Å². The van der Waals surface area contributed by atoms with Crippen molar-refractivity contribution >= 4 is 0 Å². The van der Waals surface area contributed by atoms with E-state index in [1.54, 1.807) is 0 Å². The maximum atomic E-state index is 5.91. The second-order valence-corrected chi connectivity index (χ2v) is 7.29. The average molecular weight is 313 g/mol. The van der Waals surface area contributed by atoms with Crippen LogP contribution in [-0.4, -0.2) is 19.1 Å². The van der Waals surface area contributed by atoms with E-state index in [-0.39, 0.29) is 0 Å². The van der Waals surface area contributed by atoms with Gasteiger partial charge in [-0.1, -0.05) is 65.7 Å². The van der Waals surface area contributed by atoms with Crippen molar-refractivity contribution in [3.63, 3.8) is 0 Å². The van der Waals surface area contributed by atoms with Crippen LogP contribution < -0.4 is 11.1 Å². The Bertz CT molecular complexity index is 216. The SMILES string of the molecule is CCCCC(CC)CCCNCCCCC(CC)CC(C)N. The van der Waals surface area contributed by atoms with Gasteiger partial charge >= 0.3 is 0 Å². The Labute approximate surface area is 141 Å². The molecule has 0 aliphatic heterocycles. The first kappa shape index (κ1) is 21.9. The van der Waals surface area contributed by atoms with Gasteiger partial charge in [0.05, 0.1) is 0 Å². The van der Waals surface area contributed by atoms with E-state index < -0.39 is 0 Å². The van der Waals surface area contributed by atoms with Gasteiger partial charge in [-0.3, -0.25) is 0 Å². The van der Waals surface area contributed by atoms with E-state index in [1.165, 1.54) is 83.7 Å². The Kier molecular flexibility index (Phi) is 15.7. The molecule has 0 aromatic carbocycles. The lowest BCUT2D eigenvalue weighted by Crippen LogP contribution is -2.20. The molecule has 134 valence electrons. The third-order valence-electron chi connectivity index (χ3n) is 5.01. The quantitative estimate of drug-likeness (QED) is 0.369. The lowest BCUT2D eigenvalue weighted by atomic mass is 9.93. The Morgan fingerprint density at radius 3 is 1.95 bits per heavy atom. The summed E-state index contributed by atoms with van der Waals surface area (Å²) in [4.78, 5) is 0. The lowest BCUT2D eigenvalue weighted by molar-refractivity contribution is 0.385. The Balaban J connectivity index is 3.42. The maximum absolute atomic E-state index is 5.91. The number of hydrogen-bond acceptors (Lipinski definition) is 2. The minimum absolute atomic E-state index is 0.363. The van der Waals surface area contributed by atoms with Gasteiger partial charge in [-0.2, -0.15) is 0 Å². The summed E-state index contributed by atoms with van der Waals surface area (Å²) in [5, 5.41) is 3.63. The minimum atomic E-state index is 0.363. The third-order valence-corrected chi connectivity index (χ3v) is 5.01. The molecule has 0 bridgehead atoms. The van der Waals surface area contributed by atoms with Crippen LogP contribution in [-0.2, 0) is 0 Å². The van der Waals surface area contributed by atoms with Crippen molar-refractivity contribution in [3.05, 3.63) is 0 Å². The average Bonchev–Trinajstić information content (AvgIpc) is 2.51. The molecule has 2 heteroatoms. The van der Waals surface area contributed by atoms with Gasteiger partial charge in [-0.15, -0.1) is 0 Å². The highest BCUT2D eigenvalue weighted by atomic mass is 14.8. The first-order chi connectivity index (χ1) is 10.6. The highest BCUT2D eigenvalue weighted by molar-refractivity contribution is 4.64. The van der Waals surface area contributed by atoms with E-state index in [4.69, 9.17) is 5.73 Å². The molecule has 2 nitrogen and oxygen atoms in total. The van der Waals surface area contributed by atoms with E-state index in [0.717, 1.165) is 11.8 Å². The Morgan fingerprint density at radius 2 is 1.36 bits per heavy atom. The summed E-state index contributed by atoms with van der Waals surface area (Å²) in [7, 11) is 0. The molecule has 3 unspecified atom stereocenters. The number of nitrogens with two attached hydrogens (primary N) is 1. The van der Waals surface area contributed by atoms with Crippen molar-refractivity contribution in [2.24, 2.45) is 17.6 Å². The predicted octanol–water partition coefficient (Wildman–Crippen LogP) is 5.51. The zero-order chi connectivity index (χ0) is 16.6. The molecule has 0 aliphatic carbocycles. The number of rotatable bonds is 16. The van der Waals surface area contributed by atoms with Gasteiger partial charge in [0.2, 0.25) is 0 Å². The van der Waals surface area contributed by atoms with Gasteiger partial charge in [0.1, 0.15) is 0 Å². The molecule has 3 atom stereocenters. The molecule has 0 aromatic rings. The van der Waals surface area contributed by atoms with E-state index in [1.807, 2.05) is 0 Å². The molecule has 0 aromatic heterocycles. The molecule has 0 aliphatic rings. The Morgan fingerprint density at radius 1 is 0.773 bits per heavy atom. The molecular weight excluding hydrogens is 268 g/mol. The van der Waals surface area contributed by atoms with Crippen molar-refractivity contribution < 1.29 is 0 Å². The van der Waals surface area contributed by atoms with Crippen LogP contribution in [0.4, 0.5) is 0 Å². The molecule has 0 heterocycles. The molecule has 0 radical (unpaired) electrons. The van der Waals surface area contributed by atoms with E-state index in [2.05, 4.69) is 33.0 Å². The fourth-order valence-corrected chi connectivity index (χ4v) is 3.38. The van der Waals surface area contributed by atoms with Crippen molar-refractivity contribution in [2.45, 2.75) is 104 Å². The first-order valence-electron chi connectivity index (χ1n) is 10.1. The third kappa shape index (κ3) is 13.6. The predicted molar refractivity (Wildman–Crippen MR) is 101 cm³/mol. The molecule has 0 spiro atoms. The van der Waals surface area contributed by atoms with Crippen LogP contribution in [0, 0.1) is 11.8 Å². The van der Waals surface area contributed by atoms with Gasteiger partial charge in [-0.25, -0.2) is 0 Å². The van der Waals surface area contributed by atoms with Crippen LogP contribution in [0.15, 0.2) is 0 Å². The molecular formula is C20H44N2. The van der Waals surface area contributed by atoms with Crippen LogP contribution >= 0.6 is 0 Å². The van der Waals surface area contributed by atoms with Gasteiger partial charge in [-0.05, 0) is 57.5 Å². The molecule has 0 fully saturated rings. The zero-order valence-electron chi connectivity index (χ0n) is 16.0. The van der Waals surface area contributed by atoms with Crippen LogP contribution in [0.2, 0.25) is 0 Å². The monoisotopic (exact) mass is 312 g/mol. The number of hydrogen-bond donors (Lipinski definition) is 2. The summed E-state index contributed by atoms with van der Waals surface area (Å²) >= 11 is 0. The molecule has 22 heavy (non-hydrogen) atoms. The van der Waals surface area contributed by atoms with E-state index >= 15 is 0 Å². The number of unbranched alkanes of at least 4 members (excludes halogenated alkanes) is 2. The van der Waals surface area contributed by atoms with E-state index in [9.17, 15) is 0 Å². The van der Waals surface area contributed by atoms with E-state index in [0.29, 0.717) is 6.04 Å². The topological polar surface area (TPSA) is 38.0 Å². The molecule has 3 N–H and O–H groups in total. The van der Waals surface area contributed by atoms with Gasteiger partial charge in [0.25, 0.3) is 0 Å². The molecule has 0 saturated heterocycles. The highest BCUT2D eigenvalue weighted by Crippen LogP contribution is 2.18. The molecule has 0 rings (SSSR count). The second kappa shape index (κ2) is 15.8. The summed E-state index contributed by atoms with van der Waals surface area (Å²) < 4.78 is 0. The smallest absolute Gasteiger partial charge is 0.00131 e. The van der Waals surface area contributed by atoms with Crippen LogP contribution in [0.1, 0.15) is 98.3 Å². The first-order valence-corrected chi connectivity index (χ1v) is 10.1. The zero-order valence-corrected chi connectivity index (χ0v) is 16.0. The summed E-state index contributed by atoms with van der Waals surface area (Å²) in [6.45, 7) is 11.5. The second-order valence-electron chi connectivity index (χ2n) is 7.29. The fraction of sp³-hybridized carbons (Fsp3) is 1.00. The van der Waals surface area contributed by atoms with Gasteiger partial charge in [0, 0.05) is 6.04 Å². The molecule has 0 amide bonds. The summed E-state index contributed by atoms with van der Waals surface area (Å²) in [6.07, 6.45) is 14.8. The summed E-state index contributed by atoms with van der Waals surface area (Å²) in [5.41, 5.74) is 5.91. The maximum Gasteiger partial charge on any atom is 0.00131 e. The number of nitrogens with one attached hydrogen (secondary N) is 1. The summed E-state index contributed by atoms with van der Waals surface area (Å²) in [6, 6.07) is 0.363. The van der Waals surface area contributed by atoms with Crippen molar-refractivity contribution in [2.75, 3.05) is 13.1 Å². The minimum Gasteiger partial charge on any atom is -0.328 e. The summed E-state index contributed by atoms with van der Waals surface area (Å²) in [5.74, 6) is 1.80.